The molecule has 1 aromatic rings. The van der Waals surface area contributed by atoms with Gasteiger partial charge >= 0.3 is 6.03 Å². The van der Waals surface area contributed by atoms with Gasteiger partial charge < -0.3 is 10.6 Å². The van der Waals surface area contributed by atoms with Gasteiger partial charge in [0.1, 0.15) is 11.6 Å². The summed E-state index contributed by atoms with van der Waals surface area (Å²) in [6.07, 6.45) is 0.754. The standard InChI is InChI=1S/C16H22F2N2O/c1-10(2)20-14(21)19-9-16(8-15(16,3)4)12-6-5-11(17)7-13(12)18/h5-7,10H,8-9H2,1-4H3,(H2,19,20,21). The van der Waals surface area contributed by atoms with E-state index in [-0.39, 0.29) is 17.5 Å². The van der Waals surface area contributed by atoms with Crippen molar-refractivity contribution in [1.82, 2.24) is 10.6 Å². The summed E-state index contributed by atoms with van der Waals surface area (Å²) in [5.41, 5.74) is -0.130. The maximum atomic E-state index is 14.1. The van der Waals surface area contributed by atoms with Crippen LogP contribution in [0.2, 0.25) is 0 Å². The molecule has 0 aliphatic heterocycles. The molecule has 1 aromatic carbocycles. The van der Waals surface area contributed by atoms with Crippen LogP contribution in [0.1, 0.15) is 39.7 Å². The molecule has 2 N–H and O–H groups in total. The van der Waals surface area contributed by atoms with E-state index in [4.69, 9.17) is 0 Å². The Morgan fingerprint density at radius 2 is 1.95 bits per heavy atom. The number of carbonyl (C=O) groups is 1. The van der Waals surface area contributed by atoms with E-state index in [9.17, 15) is 13.6 Å². The first-order chi connectivity index (χ1) is 9.68. The van der Waals surface area contributed by atoms with Crippen LogP contribution in [0.4, 0.5) is 13.6 Å². The average molecular weight is 296 g/mol. The fraction of sp³-hybridized carbons (Fsp3) is 0.562. The molecular weight excluding hydrogens is 274 g/mol. The van der Waals surface area contributed by atoms with Gasteiger partial charge in [0.15, 0.2) is 0 Å². The number of hydrogen-bond acceptors (Lipinski definition) is 1. The van der Waals surface area contributed by atoms with Crippen LogP contribution >= 0.6 is 0 Å². The first-order valence-electron chi connectivity index (χ1n) is 7.18. The average Bonchev–Trinajstić information content (AvgIpc) is 2.89. The summed E-state index contributed by atoms with van der Waals surface area (Å²) in [6.45, 7) is 8.13. The number of benzene rings is 1. The third-order valence-electron chi connectivity index (χ3n) is 4.33. The molecule has 2 amide bonds. The minimum absolute atomic E-state index is 0.0377. The second-order valence-electron chi connectivity index (χ2n) is 6.75. The number of carbonyl (C=O) groups excluding carboxylic acids is 1. The Bertz CT molecular complexity index is 557. The summed E-state index contributed by atoms with van der Waals surface area (Å²) in [4.78, 5) is 11.7. The van der Waals surface area contributed by atoms with E-state index < -0.39 is 17.0 Å². The maximum absolute atomic E-state index is 14.1. The Balaban J connectivity index is 2.17. The van der Waals surface area contributed by atoms with Crippen molar-refractivity contribution in [2.24, 2.45) is 5.41 Å². The molecule has 1 saturated carbocycles. The minimum atomic E-state index is -0.588. The van der Waals surface area contributed by atoms with E-state index in [0.717, 1.165) is 12.5 Å². The highest BCUT2D eigenvalue weighted by atomic mass is 19.1. The zero-order chi connectivity index (χ0) is 15.8. The van der Waals surface area contributed by atoms with Gasteiger partial charge in [0.25, 0.3) is 0 Å². The van der Waals surface area contributed by atoms with Gasteiger partial charge in [-0.3, -0.25) is 0 Å². The lowest BCUT2D eigenvalue weighted by Crippen LogP contribution is -2.43. The van der Waals surface area contributed by atoms with Gasteiger partial charge in [-0.05, 0) is 37.3 Å². The van der Waals surface area contributed by atoms with E-state index >= 15 is 0 Å². The number of halogens is 2. The van der Waals surface area contributed by atoms with Crippen LogP contribution in [0, 0.1) is 17.0 Å². The van der Waals surface area contributed by atoms with Gasteiger partial charge in [-0.1, -0.05) is 19.9 Å². The molecule has 5 heteroatoms. The highest BCUT2D eigenvalue weighted by Crippen LogP contribution is 2.64. The van der Waals surface area contributed by atoms with Crippen molar-refractivity contribution in [3.8, 4) is 0 Å². The second kappa shape index (κ2) is 5.28. The molecule has 3 nitrogen and oxygen atoms in total. The van der Waals surface area contributed by atoms with E-state index in [1.807, 2.05) is 27.7 Å². The quantitative estimate of drug-likeness (QED) is 0.879. The lowest BCUT2D eigenvalue weighted by Gasteiger charge is -2.23. The third-order valence-corrected chi connectivity index (χ3v) is 4.33. The molecule has 0 radical (unpaired) electrons. The van der Waals surface area contributed by atoms with Crippen LogP contribution in [-0.2, 0) is 5.41 Å². The van der Waals surface area contributed by atoms with Gasteiger partial charge in [-0.2, -0.15) is 0 Å². The van der Waals surface area contributed by atoms with Crippen molar-refractivity contribution >= 4 is 6.03 Å². The molecule has 0 aromatic heterocycles. The Morgan fingerprint density at radius 3 is 2.43 bits per heavy atom. The molecule has 0 bridgehead atoms. The lowest BCUT2D eigenvalue weighted by molar-refractivity contribution is 0.236. The van der Waals surface area contributed by atoms with Crippen molar-refractivity contribution in [2.75, 3.05) is 6.54 Å². The predicted octanol–water partition coefficient (Wildman–Crippen LogP) is 3.34. The van der Waals surface area contributed by atoms with Crippen molar-refractivity contribution in [1.29, 1.82) is 0 Å². The normalized spacial score (nSPS) is 23.0. The number of rotatable bonds is 4. The highest BCUT2D eigenvalue weighted by Gasteiger charge is 2.62. The van der Waals surface area contributed by atoms with Crippen LogP contribution in [0.25, 0.3) is 0 Å². The summed E-state index contributed by atoms with van der Waals surface area (Å²) < 4.78 is 27.2. The third kappa shape index (κ3) is 3.01. The SMILES string of the molecule is CC(C)NC(=O)NCC1(c2ccc(F)cc2F)CC1(C)C. The molecule has 116 valence electrons. The topological polar surface area (TPSA) is 41.1 Å². The first kappa shape index (κ1) is 15.7. The summed E-state index contributed by atoms with van der Waals surface area (Å²) in [6, 6.07) is 3.43. The van der Waals surface area contributed by atoms with Gasteiger partial charge in [0.05, 0.1) is 0 Å². The fourth-order valence-corrected chi connectivity index (χ4v) is 2.99. The van der Waals surface area contributed by atoms with E-state index in [0.29, 0.717) is 12.1 Å². The van der Waals surface area contributed by atoms with Crippen molar-refractivity contribution in [3.63, 3.8) is 0 Å². The van der Waals surface area contributed by atoms with Crippen LogP contribution in [0.3, 0.4) is 0 Å². The molecule has 0 heterocycles. The molecule has 2 rings (SSSR count). The number of nitrogens with one attached hydrogen (secondary N) is 2. The Kier molecular flexibility index (Phi) is 3.95. The first-order valence-corrected chi connectivity index (χ1v) is 7.18. The van der Waals surface area contributed by atoms with Crippen LogP contribution in [0.15, 0.2) is 18.2 Å². The summed E-state index contributed by atoms with van der Waals surface area (Å²) in [5, 5.41) is 5.54. The summed E-state index contributed by atoms with van der Waals surface area (Å²) in [7, 11) is 0. The van der Waals surface area contributed by atoms with Gasteiger partial charge in [-0.25, -0.2) is 13.6 Å². The molecule has 1 fully saturated rings. The van der Waals surface area contributed by atoms with Gasteiger partial charge in [0.2, 0.25) is 0 Å². The van der Waals surface area contributed by atoms with Crippen LogP contribution in [-0.4, -0.2) is 18.6 Å². The van der Waals surface area contributed by atoms with Crippen molar-refractivity contribution in [2.45, 2.75) is 45.6 Å². The molecule has 1 unspecified atom stereocenters. The highest BCUT2D eigenvalue weighted by molar-refractivity contribution is 5.74. The molecule has 21 heavy (non-hydrogen) atoms. The van der Waals surface area contributed by atoms with Crippen LogP contribution < -0.4 is 10.6 Å². The fourth-order valence-electron chi connectivity index (χ4n) is 2.99. The van der Waals surface area contributed by atoms with Crippen molar-refractivity contribution < 1.29 is 13.6 Å². The van der Waals surface area contributed by atoms with Crippen molar-refractivity contribution in [3.05, 3.63) is 35.4 Å². The molecule has 1 atom stereocenters. The van der Waals surface area contributed by atoms with E-state index in [1.165, 1.54) is 12.1 Å². The lowest BCUT2D eigenvalue weighted by atomic mass is 9.87. The zero-order valence-corrected chi connectivity index (χ0v) is 12.9. The molecule has 1 aliphatic rings. The number of urea groups is 1. The maximum Gasteiger partial charge on any atom is 0.315 e. The molecule has 1 aliphatic carbocycles. The zero-order valence-electron chi connectivity index (χ0n) is 12.9. The molecular formula is C16H22F2N2O. The van der Waals surface area contributed by atoms with Crippen LogP contribution in [0.5, 0.6) is 0 Å². The Labute approximate surface area is 124 Å². The largest absolute Gasteiger partial charge is 0.337 e. The van der Waals surface area contributed by atoms with Gasteiger partial charge in [0, 0.05) is 24.1 Å². The Morgan fingerprint density at radius 1 is 1.33 bits per heavy atom. The summed E-state index contributed by atoms with van der Waals surface area (Å²) in [5.74, 6) is -1.14. The number of hydrogen-bond donors (Lipinski definition) is 2. The van der Waals surface area contributed by atoms with Gasteiger partial charge in [-0.15, -0.1) is 0 Å². The monoisotopic (exact) mass is 296 g/mol. The van der Waals surface area contributed by atoms with E-state index in [2.05, 4.69) is 10.6 Å². The smallest absolute Gasteiger partial charge is 0.315 e. The predicted molar refractivity (Wildman–Crippen MR) is 78.1 cm³/mol. The molecule has 0 saturated heterocycles. The molecule has 0 spiro atoms. The number of amides is 2. The second-order valence-corrected chi connectivity index (χ2v) is 6.75. The Hall–Kier alpha value is -1.65. The minimum Gasteiger partial charge on any atom is -0.337 e. The summed E-state index contributed by atoms with van der Waals surface area (Å²) >= 11 is 0. The van der Waals surface area contributed by atoms with E-state index in [1.54, 1.807) is 0 Å².